The Morgan fingerprint density at radius 3 is 2.78 bits per heavy atom. The third-order valence-electron chi connectivity index (χ3n) is 0.809. The highest BCUT2D eigenvalue weighted by Crippen LogP contribution is 2.08. The molecule has 0 aliphatic rings. The largest absolute Gasteiger partial charge is 0.158 e. The summed E-state index contributed by atoms with van der Waals surface area (Å²) >= 11 is 6.55. The fourth-order valence-corrected chi connectivity index (χ4v) is 1.08. The van der Waals surface area contributed by atoms with Gasteiger partial charge in [-0.3, -0.25) is 0 Å². The molecule has 1 rings (SSSR count). The zero-order chi connectivity index (χ0) is 6.69. The molecule has 1 aromatic rings. The molecule has 1 aromatic heterocycles. The Morgan fingerprint density at radius 1 is 1.56 bits per heavy atom. The Labute approximate surface area is 69.9 Å². The van der Waals surface area contributed by atoms with E-state index in [1.807, 2.05) is 6.07 Å². The van der Waals surface area contributed by atoms with Gasteiger partial charge in [0.1, 0.15) is 0 Å². The van der Waals surface area contributed by atoms with E-state index in [4.69, 9.17) is 0 Å². The molecule has 0 amide bonds. The molecule has 0 saturated heterocycles. The highest BCUT2D eigenvalue weighted by molar-refractivity contribution is 9.10. The third-order valence-corrected chi connectivity index (χ3v) is 1.82. The number of halogens is 2. The number of nitrogens with zero attached hydrogens (tertiary/aromatic N) is 2. The second-order valence-electron chi connectivity index (χ2n) is 1.50. The van der Waals surface area contributed by atoms with Crippen molar-refractivity contribution in [2.24, 2.45) is 0 Å². The van der Waals surface area contributed by atoms with Crippen molar-refractivity contribution in [3.63, 3.8) is 0 Å². The molecule has 0 spiro atoms. The molecular formula is C5H4Br2N2. The van der Waals surface area contributed by atoms with Crippen LogP contribution in [0.5, 0.6) is 0 Å². The standard InChI is InChI=1S/C5H4Br2N2/c6-2-5-1-4(7)3-8-9-5/h1,3H,2H2. The van der Waals surface area contributed by atoms with Crippen LogP contribution in [-0.2, 0) is 5.33 Å². The highest BCUT2D eigenvalue weighted by atomic mass is 79.9. The molecule has 0 N–H and O–H groups in total. The lowest BCUT2D eigenvalue weighted by molar-refractivity contribution is 0.967. The lowest BCUT2D eigenvalue weighted by Crippen LogP contribution is -1.86. The van der Waals surface area contributed by atoms with Crippen LogP contribution in [0.2, 0.25) is 0 Å². The fourth-order valence-electron chi connectivity index (χ4n) is 0.449. The van der Waals surface area contributed by atoms with E-state index in [0.29, 0.717) is 0 Å². The van der Waals surface area contributed by atoms with Crippen LogP contribution in [0, 0.1) is 0 Å². The van der Waals surface area contributed by atoms with E-state index in [9.17, 15) is 0 Å². The molecule has 0 saturated carbocycles. The first-order valence-electron chi connectivity index (χ1n) is 2.36. The second kappa shape index (κ2) is 3.27. The Bertz CT molecular complexity index is 202. The number of hydrogen-bond donors (Lipinski definition) is 0. The van der Waals surface area contributed by atoms with Crippen LogP contribution in [-0.4, -0.2) is 10.2 Å². The normalized spacial score (nSPS) is 9.56. The Kier molecular flexibility index (Phi) is 2.60. The van der Waals surface area contributed by atoms with Crippen molar-refractivity contribution in [2.45, 2.75) is 5.33 Å². The van der Waals surface area contributed by atoms with Crippen molar-refractivity contribution in [3.05, 3.63) is 22.4 Å². The molecule has 0 bridgehead atoms. The lowest BCUT2D eigenvalue weighted by Gasteiger charge is -1.90. The summed E-state index contributed by atoms with van der Waals surface area (Å²) in [6, 6.07) is 1.92. The molecule has 0 unspecified atom stereocenters. The second-order valence-corrected chi connectivity index (χ2v) is 2.98. The summed E-state index contributed by atoms with van der Waals surface area (Å²) < 4.78 is 0.965. The first-order chi connectivity index (χ1) is 4.33. The quantitative estimate of drug-likeness (QED) is 0.715. The summed E-state index contributed by atoms with van der Waals surface area (Å²) in [4.78, 5) is 0. The zero-order valence-corrected chi connectivity index (χ0v) is 7.68. The third kappa shape index (κ3) is 2.02. The van der Waals surface area contributed by atoms with E-state index in [-0.39, 0.29) is 0 Å². The van der Waals surface area contributed by atoms with Gasteiger partial charge in [0.15, 0.2) is 0 Å². The number of alkyl halides is 1. The molecular weight excluding hydrogens is 248 g/mol. The topological polar surface area (TPSA) is 25.8 Å². The van der Waals surface area contributed by atoms with Crippen molar-refractivity contribution in [1.29, 1.82) is 0 Å². The number of rotatable bonds is 1. The van der Waals surface area contributed by atoms with Gasteiger partial charge in [-0.15, -0.1) is 0 Å². The van der Waals surface area contributed by atoms with Gasteiger partial charge in [0.05, 0.1) is 11.9 Å². The average Bonchev–Trinajstić information content (AvgIpc) is 1.88. The van der Waals surface area contributed by atoms with E-state index in [1.54, 1.807) is 6.20 Å². The van der Waals surface area contributed by atoms with Gasteiger partial charge in [-0.1, -0.05) is 15.9 Å². The minimum atomic E-state index is 0.749. The van der Waals surface area contributed by atoms with Crippen molar-refractivity contribution >= 4 is 31.9 Å². The molecule has 1 heterocycles. The molecule has 0 aliphatic carbocycles. The van der Waals surface area contributed by atoms with Crippen molar-refractivity contribution in [3.8, 4) is 0 Å². The SMILES string of the molecule is BrCc1cc(Br)cnn1. The monoisotopic (exact) mass is 250 g/mol. The molecule has 0 atom stereocenters. The minimum Gasteiger partial charge on any atom is -0.158 e. The molecule has 48 valence electrons. The first-order valence-corrected chi connectivity index (χ1v) is 4.27. The number of aromatic nitrogens is 2. The highest BCUT2D eigenvalue weighted by Gasteiger charge is 1.91. The Balaban J connectivity index is 2.94. The van der Waals surface area contributed by atoms with Crippen LogP contribution < -0.4 is 0 Å². The van der Waals surface area contributed by atoms with Crippen LogP contribution in [0.25, 0.3) is 0 Å². The predicted molar refractivity (Wildman–Crippen MR) is 42.4 cm³/mol. The van der Waals surface area contributed by atoms with Crippen LogP contribution in [0.1, 0.15) is 5.69 Å². The van der Waals surface area contributed by atoms with Gasteiger partial charge < -0.3 is 0 Å². The van der Waals surface area contributed by atoms with Crippen LogP contribution in [0.4, 0.5) is 0 Å². The van der Waals surface area contributed by atoms with Crippen molar-refractivity contribution < 1.29 is 0 Å². The van der Waals surface area contributed by atoms with Crippen molar-refractivity contribution in [1.82, 2.24) is 10.2 Å². The summed E-state index contributed by atoms with van der Waals surface area (Å²) in [5, 5.41) is 8.31. The minimum absolute atomic E-state index is 0.749. The molecule has 0 aliphatic heterocycles. The summed E-state index contributed by atoms with van der Waals surface area (Å²) in [6.07, 6.45) is 1.66. The molecule has 0 radical (unpaired) electrons. The Hall–Kier alpha value is 0.0400. The van der Waals surface area contributed by atoms with Gasteiger partial charge >= 0.3 is 0 Å². The smallest absolute Gasteiger partial charge is 0.0747 e. The summed E-state index contributed by atoms with van der Waals surface area (Å²) in [6.45, 7) is 0. The zero-order valence-electron chi connectivity index (χ0n) is 4.51. The van der Waals surface area contributed by atoms with E-state index in [2.05, 4.69) is 42.1 Å². The summed E-state index contributed by atoms with van der Waals surface area (Å²) in [7, 11) is 0. The fraction of sp³-hybridized carbons (Fsp3) is 0.200. The van der Waals surface area contributed by atoms with Gasteiger partial charge in [-0.05, 0) is 22.0 Å². The van der Waals surface area contributed by atoms with Gasteiger partial charge in [-0.2, -0.15) is 10.2 Å². The predicted octanol–water partition coefficient (Wildman–Crippen LogP) is 2.13. The molecule has 0 aromatic carbocycles. The van der Waals surface area contributed by atoms with E-state index in [1.165, 1.54) is 0 Å². The van der Waals surface area contributed by atoms with E-state index < -0.39 is 0 Å². The first kappa shape index (κ1) is 7.15. The molecule has 4 heteroatoms. The van der Waals surface area contributed by atoms with E-state index >= 15 is 0 Å². The summed E-state index contributed by atoms with van der Waals surface area (Å²) in [5.41, 5.74) is 0.935. The maximum atomic E-state index is 3.83. The lowest BCUT2D eigenvalue weighted by atomic mass is 10.4. The molecule has 0 fully saturated rings. The van der Waals surface area contributed by atoms with Crippen LogP contribution in [0.15, 0.2) is 16.7 Å². The maximum absolute atomic E-state index is 3.83. The van der Waals surface area contributed by atoms with Crippen LogP contribution >= 0.6 is 31.9 Å². The van der Waals surface area contributed by atoms with Gasteiger partial charge in [0, 0.05) is 9.80 Å². The average molecular weight is 252 g/mol. The maximum Gasteiger partial charge on any atom is 0.0747 e. The summed E-state index contributed by atoms with van der Waals surface area (Å²) in [5.74, 6) is 0. The van der Waals surface area contributed by atoms with Crippen LogP contribution in [0.3, 0.4) is 0 Å². The van der Waals surface area contributed by atoms with Gasteiger partial charge in [0.2, 0.25) is 0 Å². The number of hydrogen-bond acceptors (Lipinski definition) is 2. The van der Waals surface area contributed by atoms with Gasteiger partial charge in [-0.25, -0.2) is 0 Å². The molecule has 2 nitrogen and oxygen atoms in total. The molecule has 9 heavy (non-hydrogen) atoms. The van der Waals surface area contributed by atoms with Crippen molar-refractivity contribution in [2.75, 3.05) is 0 Å². The Morgan fingerprint density at radius 2 is 2.33 bits per heavy atom. The van der Waals surface area contributed by atoms with E-state index in [0.717, 1.165) is 15.5 Å². The van der Waals surface area contributed by atoms with Gasteiger partial charge in [0.25, 0.3) is 0 Å².